The van der Waals surface area contributed by atoms with Gasteiger partial charge in [0.2, 0.25) is 0 Å². The Labute approximate surface area is 84.3 Å². The molecule has 0 spiro atoms. The van der Waals surface area contributed by atoms with Crippen LogP contribution >= 0.6 is 0 Å². The summed E-state index contributed by atoms with van der Waals surface area (Å²) in [5.74, 6) is -0.554. The summed E-state index contributed by atoms with van der Waals surface area (Å²) in [6.07, 6.45) is 0. The van der Waals surface area contributed by atoms with E-state index in [1.165, 1.54) is 0 Å². The number of nitrogens with zero attached hydrogens (tertiary/aromatic N) is 3. The molecule has 5 heteroatoms. The fraction of sp³-hybridized carbons (Fsp3) is 0.778. The van der Waals surface area contributed by atoms with Gasteiger partial charge in [-0.05, 0) is 20.0 Å². The molecular weight excluding hydrogens is 182 g/mol. The third-order valence-corrected chi connectivity index (χ3v) is 1.90. The number of carbonyl (C=O) groups excluding carboxylic acids is 1. The van der Waals surface area contributed by atoms with Crippen LogP contribution in [-0.2, 0) is 9.53 Å². The predicted molar refractivity (Wildman–Crippen MR) is 53.0 cm³/mol. The average Bonchev–Trinajstić information content (AvgIpc) is 2.20. The molecule has 5 nitrogen and oxygen atoms in total. The maximum Gasteiger partial charge on any atom is 0.418 e. The fourth-order valence-electron chi connectivity index (χ4n) is 1.01. The van der Waals surface area contributed by atoms with Crippen molar-refractivity contribution in [1.29, 1.82) is 0 Å². The van der Waals surface area contributed by atoms with E-state index in [9.17, 15) is 4.79 Å². The highest BCUT2D eigenvalue weighted by Crippen LogP contribution is 1.90. The van der Waals surface area contributed by atoms with E-state index in [0.717, 1.165) is 13.1 Å². The van der Waals surface area contributed by atoms with E-state index in [0.29, 0.717) is 6.54 Å². The molecule has 0 rings (SSSR count). The monoisotopic (exact) mass is 199 g/mol. The number of hydrogen-bond acceptors (Lipinski definition) is 3. The van der Waals surface area contributed by atoms with Gasteiger partial charge in [0.1, 0.15) is 6.54 Å². The lowest BCUT2D eigenvalue weighted by Gasteiger charge is -2.13. The van der Waals surface area contributed by atoms with E-state index in [2.05, 4.69) is 4.79 Å². The molecule has 0 aliphatic heterocycles. The van der Waals surface area contributed by atoms with Gasteiger partial charge in [-0.2, -0.15) is 4.79 Å². The van der Waals surface area contributed by atoms with Crippen molar-refractivity contribution in [3.05, 3.63) is 5.53 Å². The van der Waals surface area contributed by atoms with Crippen LogP contribution in [0.2, 0.25) is 0 Å². The van der Waals surface area contributed by atoms with Gasteiger partial charge < -0.3 is 10.3 Å². The molecule has 0 saturated heterocycles. The third kappa shape index (κ3) is 4.16. The zero-order valence-corrected chi connectivity index (χ0v) is 8.99. The zero-order valence-electron chi connectivity index (χ0n) is 8.99. The molecule has 0 amide bonds. The SMILES string of the molecule is CCOC(=O)C(CN(CC)CC)=[N+]=[N-]. The van der Waals surface area contributed by atoms with E-state index >= 15 is 0 Å². The van der Waals surface area contributed by atoms with E-state index in [1.807, 2.05) is 18.7 Å². The second-order valence-electron chi connectivity index (χ2n) is 2.73. The van der Waals surface area contributed by atoms with Crippen molar-refractivity contribution in [3.63, 3.8) is 0 Å². The second-order valence-corrected chi connectivity index (χ2v) is 2.73. The molecule has 0 N–H and O–H groups in total. The van der Waals surface area contributed by atoms with Gasteiger partial charge in [-0.1, -0.05) is 13.8 Å². The van der Waals surface area contributed by atoms with E-state index in [-0.39, 0.29) is 12.3 Å². The Morgan fingerprint density at radius 1 is 1.36 bits per heavy atom. The molecule has 0 aromatic rings. The Morgan fingerprint density at radius 3 is 2.29 bits per heavy atom. The lowest BCUT2D eigenvalue weighted by atomic mass is 10.3. The van der Waals surface area contributed by atoms with Gasteiger partial charge in [0, 0.05) is 0 Å². The average molecular weight is 199 g/mol. The summed E-state index contributed by atoms with van der Waals surface area (Å²) in [5.41, 5.74) is 8.67. The van der Waals surface area contributed by atoms with Gasteiger partial charge in [0.15, 0.2) is 0 Å². The molecule has 0 aromatic carbocycles. The van der Waals surface area contributed by atoms with Crippen LogP contribution in [-0.4, -0.2) is 47.6 Å². The smallest absolute Gasteiger partial charge is 0.418 e. The lowest BCUT2D eigenvalue weighted by Crippen LogP contribution is -2.35. The predicted octanol–water partition coefficient (Wildman–Crippen LogP) is 0.562. The standard InChI is InChI=1S/C9H17N3O2/c1-4-12(5-2)7-8(11-10)9(13)14-6-3/h4-7H2,1-3H3. The lowest BCUT2D eigenvalue weighted by molar-refractivity contribution is -0.140. The Bertz CT molecular complexity index is 230. The van der Waals surface area contributed by atoms with Gasteiger partial charge in [-0.3, -0.25) is 4.90 Å². The Morgan fingerprint density at radius 2 is 1.93 bits per heavy atom. The Kier molecular flexibility index (Phi) is 6.62. The highest BCUT2D eigenvalue weighted by Gasteiger charge is 2.23. The maximum atomic E-state index is 11.2. The minimum atomic E-state index is -0.554. The first-order valence-corrected chi connectivity index (χ1v) is 4.79. The van der Waals surface area contributed by atoms with Gasteiger partial charge in [0.25, 0.3) is 0 Å². The topological polar surface area (TPSA) is 65.9 Å². The van der Waals surface area contributed by atoms with Crippen LogP contribution in [0, 0.1) is 0 Å². The molecule has 0 aliphatic carbocycles. The summed E-state index contributed by atoms with van der Waals surface area (Å²) in [7, 11) is 0. The minimum absolute atomic E-state index is 0.0514. The van der Waals surface area contributed by atoms with Crippen molar-refractivity contribution in [1.82, 2.24) is 4.90 Å². The van der Waals surface area contributed by atoms with Crippen LogP contribution in [0.5, 0.6) is 0 Å². The molecule has 0 unspecified atom stereocenters. The normalized spacial score (nSPS) is 9.71. The molecule has 0 saturated carbocycles. The van der Waals surface area contributed by atoms with Crippen molar-refractivity contribution in [3.8, 4) is 0 Å². The summed E-state index contributed by atoms with van der Waals surface area (Å²) >= 11 is 0. The van der Waals surface area contributed by atoms with Crippen molar-refractivity contribution in [2.45, 2.75) is 20.8 Å². The fourth-order valence-corrected chi connectivity index (χ4v) is 1.01. The Balaban J connectivity index is 4.30. The molecule has 0 atom stereocenters. The van der Waals surface area contributed by atoms with Crippen molar-refractivity contribution in [2.24, 2.45) is 0 Å². The van der Waals surface area contributed by atoms with Crippen LogP contribution in [0.3, 0.4) is 0 Å². The highest BCUT2D eigenvalue weighted by molar-refractivity contribution is 6.34. The van der Waals surface area contributed by atoms with Crippen molar-refractivity contribution >= 4 is 11.7 Å². The minimum Gasteiger partial charge on any atom is -0.457 e. The van der Waals surface area contributed by atoms with Crippen LogP contribution < -0.4 is 0 Å². The third-order valence-electron chi connectivity index (χ3n) is 1.90. The van der Waals surface area contributed by atoms with Crippen LogP contribution in [0.4, 0.5) is 0 Å². The van der Waals surface area contributed by atoms with Gasteiger partial charge in [-0.15, -0.1) is 0 Å². The van der Waals surface area contributed by atoms with Gasteiger partial charge >= 0.3 is 11.7 Å². The van der Waals surface area contributed by atoms with Crippen LogP contribution in [0.1, 0.15) is 20.8 Å². The first-order chi connectivity index (χ1) is 6.69. The summed E-state index contributed by atoms with van der Waals surface area (Å²) in [5, 5.41) is 0. The number of carbonyl (C=O) groups is 1. The summed E-state index contributed by atoms with van der Waals surface area (Å²) in [6.45, 7) is 7.87. The molecule has 0 fully saturated rings. The molecular formula is C9H17N3O2. The molecule has 14 heavy (non-hydrogen) atoms. The van der Waals surface area contributed by atoms with Gasteiger partial charge in [0.05, 0.1) is 6.61 Å². The van der Waals surface area contributed by atoms with E-state index in [4.69, 9.17) is 10.3 Å². The zero-order chi connectivity index (χ0) is 11.0. The number of rotatable bonds is 6. The largest absolute Gasteiger partial charge is 0.457 e. The van der Waals surface area contributed by atoms with Crippen molar-refractivity contribution < 1.29 is 14.3 Å². The summed E-state index contributed by atoms with van der Waals surface area (Å²) < 4.78 is 4.73. The quantitative estimate of drug-likeness (QED) is 0.272. The molecule has 0 radical (unpaired) electrons. The van der Waals surface area contributed by atoms with Crippen molar-refractivity contribution in [2.75, 3.05) is 26.2 Å². The molecule has 80 valence electrons. The first-order valence-electron chi connectivity index (χ1n) is 4.79. The number of ether oxygens (including phenoxy) is 1. The van der Waals surface area contributed by atoms with E-state index in [1.54, 1.807) is 6.92 Å². The Hall–Kier alpha value is -1.19. The summed E-state index contributed by atoms with van der Waals surface area (Å²) in [6, 6.07) is 0. The molecule has 0 heterocycles. The van der Waals surface area contributed by atoms with Gasteiger partial charge in [-0.25, -0.2) is 4.79 Å². The van der Waals surface area contributed by atoms with E-state index < -0.39 is 5.97 Å². The maximum absolute atomic E-state index is 11.2. The highest BCUT2D eigenvalue weighted by atomic mass is 16.5. The second kappa shape index (κ2) is 7.24. The molecule has 0 bridgehead atoms. The molecule has 0 aliphatic rings. The number of esters is 1. The first kappa shape index (κ1) is 12.8. The number of hydrogen-bond donors (Lipinski definition) is 0. The molecule has 0 aromatic heterocycles. The van der Waals surface area contributed by atoms with Crippen LogP contribution in [0.15, 0.2) is 0 Å². The van der Waals surface area contributed by atoms with Crippen LogP contribution in [0.25, 0.3) is 5.53 Å². The summed E-state index contributed by atoms with van der Waals surface area (Å²) in [4.78, 5) is 16.1.